The average Bonchev–Trinajstić information content (AvgIpc) is 2.36. The third kappa shape index (κ3) is 0.946. The summed E-state index contributed by atoms with van der Waals surface area (Å²) in [7, 11) is 0. The van der Waals surface area contributed by atoms with E-state index in [2.05, 4.69) is 27.7 Å². The van der Waals surface area contributed by atoms with Crippen LogP contribution in [0.25, 0.3) is 0 Å². The summed E-state index contributed by atoms with van der Waals surface area (Å²) in [5.41, 5.74) is 0.145. The molecule has 2 rings (SSSR count). The highest BCUT2D eigenvalue weighted by atomic mass is 16.3. The molecule has 82 valence electrons. The summed E-state index contributed by atoms with van der Waals surface area (Å²) in [5.74, 6) is 0.754. The van der Waals surface area contributed by atoms with Gasteiger partial charge in [0.15, 0.2) is 0 Å². The molecule has 0 spiro atoms. The Hall–Kier alpha value is -0.0400. The van der Waals surface area contributed by atoms with Crippen molar-refractivity contribution in [2.75, 3.05) is 0 Å². The fourth-order valence-electron chi connectivity index (χ4n) is 4.21. The molecule has 1 nitrogen and oxygen atoms in total. The molecule has 2 bridgehead atoms. The van der Waals surface area contributed by atoms with Gasteiger partial charge in [0.1, 0.15) is 0 Å². The van der Waals surface area contributed by atoms with E-state index >= 15 is 0 Å². The molecule has 2 saturated carbocycles. The average molecular weight is 196 g/mol. The maximum atomic E-state index is 10.8. The smallest absolute Gasteiger partial charge is 0.0709 e. The SMILES string of the molecule is CCCC1(O)CC2CCC1(C)C2(C)C. The Balaban J connectivity index is 2.35. The number of hydrogen-bond acceptors (Lipinski definition) is 1. The zero-order valence-corrected chi connectivity index (χ0v) is 10.1. The third-order valence-electron chi connectivity index (χ3n) is 5.71. The Kier molecular flexibility index (Phi) is 2.06. The van der Waals surface area contributed by atoms with Crippen molar-refractivity contribution in [1.82, 2.24) is 0 Å². The van der Waals surface area contributed by atoms with Crippen molar-refractivity contribution in [1.29, 1.82) is 0 Å². The van der Waals surface area contributed by atoms with E-state index in [9.17, 15) is 5.11 Å². The summed E-state index contributed by atoms with van der Waals surface area (Å²) in [5, 5.41) is 10.8. The van der Waals surface area contributed by atoms with Crippen molar-refractivity contribution < 1.29 is 5.11 Å². The van der Waals surface area contributed by atoms with E-state index in [-0.39, 0.29) is 11.0 Å². The number of aliphatic hydroxyl groups is 1. The standard InChI is InChI=1S/C13H24O/c1-5-7-13(14)9-10-6-8-12(13,4)11(10,2)3/h10,14H,5-9H2,1-4H3. The van der Waals surface area contributed by atoms with Crippen molar-refractivity contribution in [3.63, 3.8) is 0 Å². The molecular weight excluding hydrogens is 172 g/mol. The van der Waals surface area contributed by atoms with Gasteiger partial charge in [0.25, 0.3) is 0 Å². The van der Waals surface area contributed by atoms with Crippen molar-refractivity contribution >= 4 is 0 Å². The zero-order chi connectivity index (χ0) is 10.6. The lowest BCUT2D eigenvalue weighted by molar-refractivity contribution is -0.0949. The van der Waals surface area contributed by atoms with Gasteiger partial charge in [-0.05, 0) is 37.0 Å². The highest BCUT2D eigenvalue weighted by Gasteiger charge is 2.67. The van der Waals surface area contributed by atoms with Crippen LogP contribution in [0.4, 0.5) is 0 Å². The van der Waals surface area contributed by atoms with E-state index in [1.54, 1.807) is 0 Å². The van der Waals surface area contributed by atoms with E-state index in [4.69, 9.17) is 0 Å². The van der Waals surface area contributed by atoms with E-state index in [0.29, 0.717) is 5.41 Å². The summed E-state index contributed by atoms with van der Waals surface area (Å²) in [6.45, 7) is 9.21. The van der Waals surface area contributed by atoms with Gasteiger partial charge in [0.05, 0.1) is 5.60 Å². The van der Waals surface area contributed by atoms with E-state index in [1.807, 2.05) is 0 Å². The lowest BCUT2D eigenvalue weighted by atomic mass is 9.63. The van der Waals surface area contributed by atoms with Crippen LogP contribution in [0.5, 0.6) is 0 Å². The second kappa shape index (κ2) is 2.75. The minimum atomic E-state index is -0.367. The molecule has 0 aromatic carbocycles. The molecule has 14 heavy (non-hydrogen) atoms. The Bertz CT molecular complexity index is 246. The molecule has 2 aliphatic carbocycles. The lowest BCUT2D eigenvalue weighted by Gasteiger charge is -2.45. The monoisotopic (exact) mass is 196 g/mol. The predicted octanol–water partition coefficient (Wildman–Crippen LogP) is 3.36. The van der Waals surface area contributed by atoms with Gasteiger partial charge >= 0.3 is 0 Å². The minimum Gasteiger partial charge on any atom is -0.389 e. The molecule has 1 N–H and O–H groups in total. The van der Waals surface area contributed by atoms with Crippen LogP contribution in [0, 0.1) is 16.7 Å². The molecule has 1 heteroatoms. The topological polar surface area (TPSA) is 20.2 Å². The molecule has 0 amide bonds. The second-order valence-corrected chi connectivity index (χ2v) is 6.28. The Morgan fingerprint density at radius 1 is 1.29 bits per heavy atom. The fourth-order valence-corrected chi connectivity index (χ4v) is 4.21. The van der Waals surface area contributed by atoms with Gasteiger partial charge in [0, 0.05) is 5.41 Å². The quantitative estimate of drug-likeness (QED) is 0.718. The van der Waals surface area contributed by atoms with Crippen LogP contribution < -0.4 is 0 Å². The minimum absolute atomic E-state index is 0.167. The van der Waals surface area contributed by atoms with Gasteiger partial charge in [-0.1, -0.05) is 34.1 Å². The van der Waals surface area contributed by atoms with Crippen molar-refractivity contribution in [2.45, 2.75) is 65.4 Å². The van der Waals surface area contributed by atoms with Gasteiger partial charge < -0.3 is 5.11 Å². The summed E-state index contributed by atoms with van der Waals surface area (Å²) in [6.07, 6.45) is 5.69. The van der Waals surface area contributed by atoms with E-state index < -0.39 is 0 Å². The highest BCUT2D eigenvalue weighted by molar-refractivity contribution is 5.17. The second-order valence-electron chi connectivity index (χ2n) is 6.28. The van der Waals surface area contributed by atoms with Gasteiger partial charge in [-0.25, -0.2) is 0 Å². The summed E-state index contributed by atoms with van der Waals surface area (Å²) >= 11 is 0. The van der Waals surface area contributed by atoms with Crippen molar-refractivity contribution in [3.05, 3.63) is 0 Å². The van der Waals surface area contributed by atoms with Crippen LogP contribution in [0.3, 0.4) is 0 Å². The Morgan fingerprint density at radius 2 is 1.93 bits per heavy atom. The van der Waals surface area contributed by atoms with Gasteiger partial charge in [0.2, 0.25) is 0 Å². The Labute approximate surface area is 87.9 Å². The number of rotatable bonds is 2. The molecule has 3 unspecified atom stereocenters. The first kappa shape index (κ1) is 10.5. The Morgan fingerprint density at radius 3 is 2.29 bits per heavy atom. The van der Waals surface area contributed by atoms with E-state index in [1.165, 1.54) is 12.8 Å². The predicted molar refractivity (Wildman–Crippen MR) is 59.1 cm³/mol. The first-order valence-electron chi connectivity index (χ1n) is 6.10. The highest BCUT2D eigenvalue weighted by Crippen LogP contribution is 2.70. The first-order chi connectivity index (χ1) is 6.37. The molecule has 0 radical (unpaired) electrons. The summed E-state index contributed by atoms with van der Waals surface area (Å²) < 4.78 is 0. The molecule has 0 aliphatic heterocycles. The van der Waals surface area contributed by atoms with Crippen LogP contribution in [0.15, 0.2) is 0 Å². The number of fused-ring (bicyclic) bond motifs is 2. The third-order valence-corrected chi connectivity index (χ3v) is 5.71. The van der Waals surface area contributed by atoms with Crippen LogP contribution in [-0.2, 0) is 0 Å². The van der Waals surface area contributed by atoms with Crippen LogP contribution in [0.1, 0.15) is 59.8 Å². The van der Waals surface area contributed by atoms with E-state index in [0.717, 1.165) is 25.2 Å². The fraction of sp³-hybridized carbons (Fsp3) is 1.00. The molecule has 0 aromatic rings. The maximum Gasteiger partial charge on any atom is 0.0709 e. The molecule has 3 atom stereocenters. The number of hydrogen-bond donors (Lipinski definition) is 1. The zero-order valence-electron chi connectivity index (χ0n) is 10.1. The lowest BCUT2D eigenvalue weighted by Crippen LogP contribution is -2.46. The van der Waals surface area contributed by atoms with Crippen molar-refractivity contribution in [2.24, 2.45) is 16.7 Å². The van der Waals surface area contributed by atoms with Crippen LogP contribution in [0.2, 0.25) is 0 Å². The molecule has 2 fully saturated rings. The van der Waals surface area contributed by atoms with Crippen LogP contribution >= 0.6 is 0 Å². The van der Waals surface area contributed by atoms with Gasteiger partial charge in [-0.2, -0.15) is 0 Å². The van der Waals surface area contributed by atoms with Crippen molar-refractivity contribution in [3.8, 4) is 0 Å². The molecule has 0 aromatic heterocycles. The van der Waals surface area contributed by atoms with Gasteiger partial charge in [-0.3, -0.25) is 0 Å². The molecule has 0 heterocycles. The molecular formula is C13H24O. The molecule has 2 aliphatic rings. The van der Waals surface area contributed by atoms with Crippen LogP contribution in [-0.4, -0.2) is 10.7 Å². The largest absolute Gasteiger partial charge is 0.389 e. The first-order valence-corrected chi connectivity index (χ1v) is 6.10. The normalized spacial score (nSPS) is 49.9. The van der Waals surface area contributed by atoms with Gasteiger partial charge in [-0.15, -0.1) is 0 Å². The summed E-state index contributed by atoms with van der Waals surface area (Å²) in [6, 6.07) is 0. The summed E-state index contributed by atoms with van der Waals surface area (Å²) in [4.78, 5) is 0. The molecule has 0 saturated heterocycles. The maximum absolute atomic E-state index is 10.8.